The van der Waals surface area contributed by atoms with Crippen LogP contribution in [0, 0.1) is 0 Å². The highest BCUT2D eigenvalue weighted by atomic mass is 16.1. The van der Waals surface area contributed by atoms with Gasteiger partial charge in [0.2, 0.25) is 0 Å². The van der Waals surface area contributed by atoms with Crippen molar-refractivity contribution in [1.29, 1.82) is 0 Å². The predicted octanol–water partition coefficient (Wildman–Crippen LogP) is 0.530. The van der Waals surface area contributed by atoms with Crippen LogP contribution in [0.25, 0.3) is 11.4 Å². The number of hydrogen-bond donors (Lipinski definition) is 1. The molecule has 2 aromatic heterocycles. The van der Waals surface area contributed by atoms with Gasteiger partial charge in [-0.15, -0.1) is 0 Å². The van der Waals surface area contributed by atoms with E-state index in [0.29, 0.717) is 23.5 Å². The molecule has 2 fully saturated rings. The van der Waals surface area contributed by atoms with Crippen LogP contribution in [0.2, 0.25) is 0 Å². The summed E-state index contributed by atoms with van der Waals surface area (Å²) in [7, 11) is 2.16. The summed E-state index contributed by atoms with van der Waals surface area (Å²) < 4.78 is 0. The first kappa shape index (κ1) is 14.1. The van der Waals surface area contributed by atoms with Crippen LogP contribution in [0.3, 0.4) is 0 Å². The summed E-state index contributed by atoms with van der Waals surface area (Å²) in [5.74, 6) is 0.194. The SMILES string of the molecule is CN1CC[C@H]2[C@@H]1CN2c1cnc(C(N)=O)c(-c2ccccn2)n1. The van der Waals surface area contributed by atoms with Gasteiger partial charge in [0.15, 0.2) is 5.69 Å². The lowest BCUT2D eigenvalue weighted by atomic mass is 9.97. The van der Waals surface area contributed by atoms with E-state index < -0.39 is 5.91 Å². The van der Waals surface area contributed by atoms with Crippen LogP contribution < -0.4 is 10.6 Å². The molecule has 0 bridgehead atoms. The van der Waals surface area contributed by atoms with Crippen molar-refractivity contribution >= 4 is 11.7 Å². The number of fused-ring (bicyclic) bond motifs is 1. The van der Waals surface area contributed by atoms with Gasteiger partial charge in [-0.05, 0) is 25.6 Å². The molecule has 7 heteroatoms. The van der Waals surface area contributed by atoms with Gasteiger partial charge in [-0.1, -0.05) is 6.07 Å². The highest BCUT2D eigenvalue weighted by molar-refractivity contribution is 5.96. The van der Waals surface area contributed by atoms with Gasteiger partial charge in [-0.25, -0.2) is 9.97 Å². The molecule has 4 heterocycles. The number of pyridine rings is 1. The van der Waals surface area contributed by atoms with Crippen LogP contribution >= 0.6 is 0 Å². The van der Waals surface area contributed by atoms with Crippen LogP contribution in [0.4, 0.5) is 5.82 Å². The van der Waals surface area contributed by atoms with Gasteiger partial charge >= 0.3 is 0 Å². The molecule has 0 spiro atoms. The number of likely N-dealkylation sites (N-methyl/N-ethyl adjacent to an activating group) is 1. The molecule has 7 nitrogen and oxygen atoms in total. The summed E-state index contributed by atoms with van der Waals surface area (Å²) in [5.41, 5.74) is 6.66. The highest BCUT2D eigenvalue weighted by Crippen LogP contribution is 2.35. The van der Waals surface area contributed by atoms with Crippen molar-refractivity contribution in [1.82, 2.24) is 19.9 Å². The maximum atomic E-state index is 11.7. The number of aromatic nitrogens is 3. The average molecular weight is 310 g/mol. The lowest BCUT2D eigenvalue weighted by molar-refractivity contribution is 0.0996. The van der Waals surface area contributed by atoms with Crippen LogP contribution in [0.1, 0.15) is 16.9 Å². The lowest BCUT2D eigenvalue weighted by Crippen LogP contribution is -2.61. The van der Waals surface area contributed by atoms with Crippen molar-refractivity contribution in [3.63, 3.8) is 0 Å². The maximum Gasteiger partial charge on any atom is 0.269 e. The number of nitrogens with zero attached hydrogens (tertiary/aromatic N) is 5. The fourth-order valence-corrected chi connectivity index (χ4v) is 3.45. The molecule has 0 radical (unpaired) electrons. The van der Waals surface area contributed by atoms with Crippen molar-refractivity contribution in [3.8, 4) is 11.4 Å². The summed E-state index contributed by atoms with van der Waals surface area (Å²) in [6.07, 6.45) is 4.43. The second-order valence-electron chi connectivity index (χ2n) is 6.06. The molecule has 2 atom stereocenters. The Balaban J connectivity index is 1.72. The fourth-order valence-electron chi connectivity index (χ4n) is 3.45. The van der Waals surface area contributed by atoms with E-state index in [0.717, 1.165) is 25.3 Å². The third-order valence-electron chi connectivity index (χ3n) is 4.77. The first-order chi connectivity index (χ1) is 11.1. The van der Waals surface area contributed by atoms with Crippen LogP contribution in [-0.2, 0) is 0 Å². The first-order valence-corrected chi connectivity index (χ1v) is 7.70. The summed E-state index contributed by atoms with van der Waals surface area (Å²) in [4.78, 5) is 29.5. The molecule has 0 unspecified atom stereocenters. The molecular formula is C16H18N6O. The van der Waals surface area contributed by atoms with Crippen molar-refractivity contribution in [2.75, 3.05) is 25.0 Å². The molecule has 0 aromatic carbocycles. The minimum Gasteiger partial charge on any atom is -0.364 e. The quantitative estimate of drug-likeness (QED) is 0.889. The molecule has 23 heavy (non-hydrogen) atoms. The van der Waals surface area contributed by atoms with E-state index in [4.69, 9.17) is 5.73 Å². The molecule has 2 aromatic rings. The van der Waals surface area contributed by atoms with Gasteiger partial charge in [0.25, 0.3) is 5.91 Å². The Kier molecular flexibility index (Phi) is 3.23. The number of primary amides is 1. The molecule has 2 N–H and O–H groups in total. The molecule has 2 aliphatic heterocycles. The zero-order valence-corrected chi connectivity index (χ0v) is 12.9. The second-order valence-corrected chi connectivity index (χ2v) is 6.06. The van der Waals surface area contributed by atoms with Gasteiger partial charge < -0.3 is 10.6 Å². The smallest absolute Gasteiger partial charge is 0.269 e. The summed E-state index contributed by atoms with van der Waals surface area (Å²) >= 11 is 0. The Morgan fingerprint density at radius 1 is 1.30 bits per heavy atom. The number of anilines is 1. The fraction of sp³-hybridized carbons (Fsp3) is 0.375. The third kappa shape index (κ3) is 2.24. The number of hydrogen-bond acceptors (Lipinski definition) is 6. The number of carbonyl (C=O) groups is 1. The standard InChI is InChI=1S/C16H18N6O/c1-21-7-5-11-12(21)9-22(11)13-8-19-15(16(17)23)14(20-13)10-4-2-3-6-18-10/h2-4,6,8,11-12H,5,7,9H2,1H3,(H2,17,23)/t11-,12-/m0/s1. The van der Waals surface area contributed by atoms with E-state index in [-0.39, 0.29) is 5.69 Å². The third-order valence-corrected chi connectivity index (χ3v) is 4.77. The van der Waals surface area contributed by atoms with Crippen LogP contribution in [-0.4, -0.2) is 58.0 Å². The zero-order chi connectivity index (χ0) is 16.0. The van der Waals surface area contributed by atoms with Crippen LogP contribution in [0.5, 0.6) is 0 Å². The van der Waals surface area contributed by atoms with Gasteiger partial charge in [0.1, 0.15) is 11.5 Å². The largest absolute Gasteiger partial charge is 0.364 e. The Bertz CT molecular complexity index is 749. The molecule has 0 saturated carbocycles. The molecule has 4 rings (SSSR count). The van der Waals surface area contributed by atoms with Gasteiger partial charge in [-0.3, -0.25) is 14.7 Å². The Morgan fingerprint density at radius 3 is 2.87 bits per heavy atom. The van der Waals surface area contributed by atoms with E-state index in [1.165, 1.54) is 0 Å². The van der Waals surface area contributed by atoms with Crippen LogP contribution in [0.15, 0.2) is 30.6 Å². The number of carbonyl (C=O) groups excluding carboxylic acids is 1. The molecule has 0 aliphatic carbocycles. The van der Waals surface area contributed by atoms with Gasteiger partial charge in [0.05, 0.1) is 11.9 Å². The minimum atomic E-state index is -0.591. The lowest BCUT2D eigenvalue weighted by Gasteiger charge is -2.46. The highest BCUT2D eigenvalue weighted by Gasteiger charge is 2.46. The monoisotopic (exact) mass is 310 g/mol. The Morgan fingerprint density at radius 2 is 2.17 bits per heavy atom. The van der Waals surface area contributed by atoms with Crippen molar-refractivity contribution in [2.45, 2.75) is 18.5 Å². The Hall–Kier alpha value is -2.54. The van der Waals surface area contributed by atoms with E-state index >= 15 is 0 Å². The van der Waals surface area contributed by atoms with E-state index in [1.54, 1.807) is 12.4 Å². The minimum absolute atomic E-state index is 0.160. The van der Waals surface area contributed by atoms with Gasteiger partial charge in [0, 0.05) is 31.4 Å². The van der Waals surface area contributed by atoms with Crippen molar-refractivity contribution in [3.05, 3.63) is 36.3 Å². The van der Waals surface area contributed by atoms with E-state index in [9.17, 15) is 4.79 Å². The number of amides is 1. The summed E-state index contributed by atoms with van der Waals surface area (Å²) in [6, 6.07) is 6.55. The number of likely N-dealkylation sites (tertiary alicyclic amines) is 1. The molecule has 1 amide bonds. The maximum absolute atomic E-state index is 11.7. The normalized spacial score (nSPS) is 23.4. The zero-order valence-electron chi connectivity index (χ0n) is 12.9. The topological polar surface area (TPSA) is 88.2 Å². The number of rotatable bonds is 3. The van der Waals surface area contributed by atoms with Crippen molar-refractivity contribution < 1.29 is 4.79 Å². The first-order valence-electron chi connectivity index (χ1n) is 7.70. The van der Waals surface area contributed by atoms with E-state index in [2.05, 4.69) is 31.8 Å². The summed E-state index contributed by atoms with van der Waals surface area (Å²) in [5, 5.41) is 0. The van der Waals surface area contributed by atoms with Gasteiger partial charge in [-0.2, -0.15) is 0 Å². The van der Waals surface area contributed by atoms with E-state index in [1.807, 2.05) is 18.2 Å². The summed E-state index contributed by atoms with van der Waals surface area (Å²) in [6.45, 7) is 2.04. The Labute approximate surface area is 134 Å². The molecule has 2 saturated heterocycles. The average Bonchev–Trinajstić information content (AvgIpc) is 2.82. The second kappa shape index (κ2) is 5.27. The number of nitrogens with two attached hydrogens (primary N) is 1. The molecular weight excluding hydrogens is 292 g/mol. The predicted molar refractivity (Wildman–Crippen MR) is 85.9 cm³/mol. The molecule has 2 aliphatic rings. The van der Waals surface area contributed by atoms with Crippen molar-refractivity contribution in [2.24, 2.45) is 5.73 Å². The molecule has 118 valence electrons.